The van der Waals surface area contributed by atoms with E-state index < -0.39 is 8.07 Å². The number of hydrogen-bond donors (Lipinski definition) is 0. The Morgan fingerprint density at radius 1 is 0.490 bits per heavy atom. The van der Waals surface area contributed by atoms with Crippen LogP contribution in [0.15, 0.2) is 168 Å². The number of fused-ring (bicyclic) bond motifs is 9. The molecule has 1 aliphatic heterocycles. The van der Waals surface area contributed by atoms with Crippen molar-refractivity contribution in [2.75, 3.05) is 4.90 Å². The molecule has 0 atom stereocenters. The molecule has 0 amide bonds. The first-order valence-electron chi connectivity index (χ1n) is 17.0. The summed E-state index contributed by atoms with van der Waals surface area (Å²) in [6.45, 7) is 4.99. The quantitative estimate of drug-likeness (QED) is 0.177. The van der Waals surface area contributed by atoms with Crippen molar-refractivity contribution in [3.63, 3.8) is 0 Å². The molecule has 3 heteroatoms. The van der Waals surface area contributed by atoms with E-state index in [1.54, 1.807) is 0 Å². The SMILES string of the molecule is C[Si]1(C)c2ccc3c(oc4ccccc43)c2-c2cccc(N(c3ccc(-c4ccc5ccccc5c4)cc3)c3ccc4ccccc4c3)c21. The van der Waals surface area contributed by atoms with E-state index in [0.717, 1.165) is 22.5 Å². The van der Waals surface area contributed by atoms with Gasteiger partial charge in [0.1, 0.15) is 19.2 Å². The summed E-state index contributed by atoms with van der Waals surface area (Å²) in [7, 11) is -2.17. The second kappa shape index (κ2) is 10.5. The Bertz CT molecular complexity index is 2760. The van der Waals surface area contributed by atoms with Gasteiger partial charge in [0.25, 0.3) is 0 Å². The molecule has 0 aliphatic carbocycles. The second-order valence-corrected chi connectivity index (χ2v) is 18.1. The van der Waals surface area contributed by atoms with Crippen molar-refractivity contribution >= 4 is 79.0 Å². The van der Waals surface area contributed by atoms with Crippen LogP contribution < -0.4 is 15.3 Å². The fourth-order valence-electron chi connectivity index (χ4n) is 8.22. The lowest BCUT2D eigenvalue weighted by atomic mass is 10.00. The predicted octanol–water partition coefficient (Wildman–Crippen LogP) is 11.8. The zero-order valence-corrected chi connectivity index (χ0v) is 28.4. The molecule has 0 saturated heterocycles. The highest BCUT2D eigenvalue weighted by molar-refractivity contribution is 7.05. The molecule has 2 nitrogen and oxygen atoms in total. The van der Waals surface area contributed by atoms with Gasteiger partial charge in [-0.1, -0.05) is 134 Å². The Morgan fingerprint density at radius 3 is 1.94 bits per heavy atom. The molecule has 9 aromatic rings. The highest BCUT2D eigenvalue weighted by atomic mass is 28.3. The van der Waals surface area contributed by atoms with Crippen LogP contribution in [-0.2, 0) is 0 Å². The van der Waals surface area contributed by atoms with Crippen molar-refractivity contribution in [2.45, 2.75) is 13.1 Å². The van der Waals surface area contributed by atoms with E-state index >= 15 is 0 Å². The summed E-state index contributed by atoms with van der Waals surface area (Å²) in [6, 6.07) is 59.8. The molecule has 0 bridgehead atoms. The molecule has 0 saturated carbocycles. The second-order valence-electron chi connectivity index (χ2n) is 13.8. The van der Waals surface area contributed by atoms with Crippen molar-refractivity contribution in [3.05, 3.63) is 164 Å². The van der Waals surface area contributed by atoms with Crippen LogP contribution >= 0.6 is 0 Å². The number of hydrogen-bond acceptors (Lipinski definition) is 2. The van der Waals surface area contributed by atoms with Crippen LogP contribution in [0.5, 0.6) is 0 Å². The molecule has 0 N–H and O–H groups in total. The van der Waals surface area contributed by atoms with Crippen molar-refractivity contribution in [2.24, 2.45) is 0 Å². The van der Waals surface area contributed by atoms with Crippen LogP contribution in [0.1, 0.15) is 0 Å². The van der Waals surface area contributed by atoms with Gasteiger partial charge >= 0.3 is 0 Å². The van der Waals surface area contributed by atoms with Crippen LogP contribution in [0.4, 0.5) is 17.1 Å². The maximum absolute atomic E-state index is 6.65. The zero-order valence-electron chi connectivity index (χ0n) is 27.4. The Morgan fingerprint density at radius 2 is 1.14 bits per heavy atom. The van der Waals surface area contributed by atoms with E-state index in [1.165, 1.54) is 70.6 Å². The highest BCUT2D eigenvalue weighted by Crippen LogP contribution is 2.44. The average molecular weight is 644 g/mol. The van der Waals surface area contributed by atoms with E-state index in [4.69, 9.17) is 4.42 Å². The molecule has 0 unspecified atom stereocenters. The molecular formula is C46H33NOSi. The van der Waals surface area contributed by atoms with Gasteiger partial charge in [-0.25, -0.2) is 0 Å². The third-order valence-corrected chi connectivity index (χ3v) is 14.1. The summed E-state index contributed by atoms with van der Waals surface area (Å²) >= 11 is 0. The molecule has 0 spiro atoms. The first-order chi connectivity index (χ1) is 24.0. The summed E-state index contributed by atoms with van der Waals surface area (Å²) in [5, 5.41) is 10.2. The topological polar surface area (TPSA) is 16.4 Å². The van der Waals surface area contributed by atoms with Crippen molar-refractivity contribution in [3.8, 4) is 22.3 Å². The monoisotopic (exact) mass is 643 g/mol. The Labute approximate surface area is 286 Å². The molecule has 49 heavy (non-hydrogen) atoms. The van der Waals surface area contributed by atoms with Crippen LogP contribution in [-0.4, -0.2) is 8.07 Å². The van der Waals surface area contributed by atoms with Crippen LogP contribution in [0.3, 0.4) is 0 Å². The lowest BCUT2D eigenvalue weighted by Crippen LogP contribution is -2.50. The van der Waals surface area contributed by atoms with Gasteiger partial charge in [0.15, 0.2) is 0 Å². The minimum Gasteiger partial charge on any atom is -0.455 e. The third kappa shape index (κ3) is 4.26. The summed E-state index contributed by atoms with van der Waals surface area (Å²) in [5.74, 6) is 0. The van der Waals surface area contributed by atoms with Gasteiger partial charge in [-0.15, -0.1) is 0 Å². The molecule has 8 aromatic carbocycles. The number of rotatable bonds is 4. The molecule has 0 fully saturated rings. The molecule has 0 radical (unpaired) electrons. The van der Waals surface area contributed by atoms with Gasteiger partial charge in [-0.2, -0.15) is 0 Å². The number of benzene rings is 8. The Kier molecular flexibility index (Phi) is 6.06. The maximum atomic E-state index is 6.65. The van der Waals surface area contributed by atoms with E-state index in [9.17, 15) is 0 Å². The molecule has 1 aromatic heterocycles. The molecule has 2 heterocycles. The lowest BCUT2D eigenvalue weighted by molar-refractivity contribution is 0.670. The van der Waals surface area contributed by atoms with Gasteiger partial charge in [0.05, 0.1) is 0 Å². The van der Waals surface area contributed by atoms with Gasteiger partial charge in [-0.05, 0) is 91.1 Å². The minimum atomic E-state index is -2.17. The average Bonchev–Trinajstić information content (AvgIpc) is 3.64. The Balaban J connectivity index is 1.18. The first-order valence-corrected chi connectivity index (χ1v) is 20.0. The lowest BCUT2D eigenvalue weighted by Gasteiger charge is -2.31. The number of anilines is 3. The molecular weight excluding hydrogens is 611 g/mol. The Hall–Kier alpha value is -5.90. The fraction of sp³-hybridized carbons (Fsp3) is 0.0435. The van der Waals surface area contributed by atoms with E-state index in [-0.39, 0.29) is 0 Å². The first kappa shape index (κ1) is 28.1. The van der Waals surface area contributed by atoms with Crippen molar-refractivity contribution in [1.82, 2.24) is 0 Å². The van der Waals surface area contributed by atoms with E-state index in [0.29, 0.717) is 0 Å². The number of furan rings is 1. The van der Waals surface area contributed by atoms with Gasteiger partial charge in [0, 0.05) is 33.4 Å². The summed E-state index contributed by atoms with van der Waals surface area (Å²) in [5.41, 5.74) is 10.5. The predicted molar refractivity (Wildman–Crippen MR) is 211 cm³/mol. The highest BCUT2D eigenvalue weighted by Gasteiger charge is 2.42. The molecule has 232 valence electrons. The molecule has 10 rings (SSSR count). The normalized spacial score (nSPS) is 13.3. The molecule has 1 aliphatic rings. The third-order valence-electron chi connectivity index (χ3n) is 10.6. The van der Waals surface area contributed by atoms with E-state index in [2.05, 4.69) is 182 Å². The standard InChI is InChI=1S/C46H33NOSi/c1-49(2)43-27-26-39-38-14-7-8-17-42(38)48-45(39)44(43)40-15-9-16-41(46(40)49)47(37-25-22-31-11-4-6-13-34(31)29-37)36-23-20-32(21-24-36)35-19-18-30-10-3-5-12-33(30)28-35/h3-29H,1-2H3. The summed E-state index contributed by atoms with van der Waals surface area (Å²) < 4.78 is 6.65. The van der Waals surface area contributed by atoms with Crippen LogP contribution in [0.25, 0.3) is 65.7 Å². The zero-order chi connectivity index (χ0) is 32.7. The smallest absolute Gasteiger partial charge is 0.143 e. The minimum absolute atomic E-state index is 0.944. The van der Waals surface area contributed by atoms with Crippen LogP contribution in [0, 0.1) is 0 Å². The number of nitrogens with zero attached hydrogens (tertiary/aromatic N) is 1. The summed E-state index contributed by atoms with van der Waals surface area (Å²) in [4.78, 5) is 2.48. The summed E-state index contributed by atoms with van der Waals surface area (Å²) in [6.07, 6.45) is 0. The van der Waals surface area contributed by atoms with Crippen LogP contribution in [0.2, 0.25) is 13.1 Å². The fourth-order valence-corrected chi connectivity index (χ4v) is 11.6. The largest absolute Gasteiger partial charge is 0.455 e. The van der Waals surface area contributed by atoms with Gasteiger partial charge < -0.3 is 9.32 Å². The van der Waals surface area contributed by atoms with Gasteiger partial charge in [-0.3, -0.25) is 0 Å². The van der Waals surface area contributed by atoms with Gasteiger partial charge in [0.2, 0.25) is 0 Å². The van der Waals surface area contributed by atoms with E-state index in [1.807, 2.05) is 0 Å². The maximum Gasteiger partial charge on any atom is 0.143 e. The van der Waals surface area contributed by atoms with Crippen molar-refractivity contribution in [1.29, 1.82) is 0 Å². The van der Waals surface area contributed by atoms with Crippen molar-refractivity contribution < 1.29 is 4.42 Å². The number of para-hydroxylation sites is 1.